The van der Waals surface area contributed by atoms with E-state index in [2.05, 4.69) is 10.6 Å². The Hall–Kier alpha value is -1.79. The zero-order valence-corrected chi connectivity index (χ0v) is 12.8. The molecule has 6 nitrogen and oxygen atoms in total. The van der Waals surface area contributed by atoms with Crippen molar-refractivity contribution >= 4 is 5.91 Å². The molecule has 6 heteroatoms. The molecule has 1 aromatic carbocycles. The molecule has 120 valence electrons. The van der Waals surface area contributed by atoms with Crippen molar-refractivity contribution < 1.29 is 19.0 Å². The van der Waals surface area contributed by atoms with E-state index in [1.165, 1.54) is 0 Å². The minimum Gasteiger partial charge on any atom is -0.454 e. The van der Waals surface area contributed by atoms with Crippen LogP contribution >= 0.6 is 0 Å². The molecule has 0 bridgehead atoms. The van der Waals surface area contributed by atoms with E-state index >= 15 is 0 Å². The van der Waals surface area contributed by atoms with Crippen molar-refractivity contribution in [2.24, 2.45) is 0 Å². The van der Waals surface area contributed by atoms with E-state index in [0.29, 0.717) is 6.54 Å². The molecule has 22 heavy (non-hydrogen) atoms. The van der Waals surface area contributed by atoms with Crippen molar-refractivity contribution in [2.45, 2.75) is 31.9 Å². The Morgan fingerprint density at radius 3 is 3.05 bits per heavy atom. The average Bonchev–Trinajstić information content (AvgIpc) is 3.17. The Bertz CT molecular complexity index is 529. The molecule has 0 aromatic heterocycles. The van der Waals surface area contributed by atoms with Gasteiger partial charge in [0.05, 0.1) is 18.7 Å². The van der Waals surface area contributed by atoms with Gasteiger partial charge < -0.3 is 24.8 Å². The summed E-state index contributed by atoms with van der Waals surface area (Å²) in [4.78, 5) is 12.0. The lowest BCUT2D eigenvalue weighted by Gasteiger charge is -2.16. The highest BCUT2D eigenvalue weighted by molar-refractivity contribution is 5.78. The molecular weight excluding hydrogens is 284 g/mol. The third kappa shape index (κ3) is 3.69. The van der Waals surface area contributed by atoms with Crippen LogP contribution in [0.4, 0.5) is 0 Å². The molecule has 2 aliphatic rings. The summed E-state index contributed by atoms with van der Waals surface area (Å²) in [5.41, 5.74) is 0.997. The van der Waals surface area contributed by atoms with Crippen molar-refractivity contribution in [3.05, 3.63) is 23.8 Å². The molecule has 1 saturated heterocycles. The third-order valence-electron chi connectivity index (χ3n) is 3.96. The van der Waals surface area contributed by atoms with E-state index in [4.69, 9.17) is 14.2 Å². The van der Waals surface area contributed by atoms with E-state index in [1.807, 2.05) is 25.1 Å². The van der Waals surface area contributed by atoms with Gasteiger partial charge in [0.2, 0.25) is 12.7 Å². The second kappa shape index (κ2) is 6.98. The van der Waals surface area contributed by atoms with E-state index in [1.54, 1.807) is 0 Å². The van der Waals surface area contributed by atoms with Crippen LogP contribution in [0.15, 0.2) is 18.2 Å². The Morgan fingerprint density at radius 1 is 1.36 bits per heavy atom. The Kier molecular flexibility index (Phi) is 4.80. The second-order valence-corrected chi connectivity index (χ2v) is 5.67. The minimum absolute atomic E-state index is 0.0248. The molecule has 0 saturated carbocycles. The first-order valence-electron chi connectivity index (χ1n) is 7.73. The first-order chi connectivity index (χ1) is 10.7. The number of benzene rings is 1. The van der Waals surface area contributed by atoms with Crippen LogP contribution in [-0.4, -0.2) is 38.5 Å². The summed E-state index contributed by atoms with van der Waals surface area (Å²) in [6.45, 7) is 4.07. The molecule has 2 aliphatic heterocycles. The summed E-state index contributed by atoms with van der Waals surface area (Å²) in [5.74, 6) is 1.46. The summed E-state index contributed by atoms with van der Waals surface area (Å²) in [5, 5.41) is 6.12. The van der Waals surface area contributed by atoms with Gasteiger partial charge in [0.25, 0.3) is 0 Å². The zero-order valence-electron chi connectivity index (χ0n) is 12.8. The number of hydrogen-bond donors (Lipinski definition) is 2. The van der Waals surface area contributed by atoms with Gasteiger partial charge in [-0.3, -0.25) is 4.79 Å². The molecule has 3 rings (SSSR count). The van der Waals surface area contributed by atoms with Crippen LogP contribution in [0.5, 0.6) is 11.5 Å². The van der Waals surface area contributed by atoms with Crippen LogP contribution in [0.25, 0.3) is 0 Å². The molecule has 1 fully saturated rings. The highest BCUT2D eigenvalue weighted by Crippen LogP contribution is 2.34. The molecule has 1 amide bonds. The van der Waals surface area contributed by atoms with E-state index in [0.717, 1.165) is 43.1 Å². The number of rotatable bonds is 6. The van der Waals surface area contributed by atoms with Crippen molar-refractivity contribution in [3.8, 4) is 11.5 Å². The van der Waals surface area contributed by atoms with Crippen molar-refractivity contribution in [3.63, 3.8) is 0 Å². The fraction of sp³-hybridized carbons (Fsp3) is 0.562. The second-order valence-electron chi connectivity index (χ2n) is 5.67. The predicted molar refractivity (Wildman–Crippen MR) is 81.0 cm³/mol. The summed E-state index contributed by atoms with van der Waals surface area (Å²) >= 11 is 0. The largest absolute Gasteiger partial charge is 0.454 e. The smallest absolute Gasteiger partial charge is 0.234 e. The van der Waals surface area contributed by atoms with Gasteiger partial charge in [-0.2, -0.15) is 0 Å². The molecular formula is C16H22N2O4. The molecule has 2 heterocycles. The molecule has 0 aliphatic carbocycles. The molecule has 0 spiro atoms. The molecule has 2 N–H and O–H groups in total. The van der Waals surface area contributed by atoms with Crippen molar-refractivity contribution in [2.75, 3.05) is 26.5 Å². The molecule has 2 atom stereocenters. The number of nitrogens with one attached hydrogen (secondary N) is 2. The number of amides is 1. The van der Waals surface area contributed by atoms with Crippen LogP contribution in [0, 0.1) is 0 Å². The standard InChI is InChI=1S/C16H22N2O4/c1-11(12-4-5-14-15(7-12)22-10-21-14)18-16(19)9-17-8-13-3-2-6-20-13/h4-5,7,11,13,17H,2-3,6,8-10H2,1H3,(H,18,19). The number of ether oxygens (including phenoxy) is 3. The minimum atomic E-state index is -0.0773. The van der Waals surface area contributed by atoms with Crippen LogP contribution in [0.3, 0.4) is 0 Å². The maximum Gasteiger partial charge on any atom is 0.234 e. The Balaban J connectivity index is 1.44. The normalized spacial score (nSPS) is 20.9. The summed E-state index contributed by atoms with van der Waals surface area (Å²) in [6, 6.07) is 5.65. The molecule has 1 aromatic rings. The monoisotopic (exact) mass is 306 g/mol. The fourth-order valence-corrected chi connectivity index (χ4v) is 2.71. The Morgan fingerprint density at radius 2 is 2.23 bits per heavy atom. The first kappa shape index (κ1) is 15.1. The lowest BCUT2D eigenvalue weighted by atomic mass is 10.1. The highest BCUT2D eigenvalue weighted by atomic mass is 16.7. The van der Waals surface area contributed by atoms with Gasteiger partial charge in [-0.25, -0.2) is 0 Å². The van der Waals surface area contributed by atoms with E-state index in [9.17, 15) is 4.79 Å². The predicted octanol–water partition coefficient (Wildman–Crippen LogP) is 1.36. The topological polar surface area (TPSA) is 68.8 Å². The van der Waals surface area contributed by atoms with Crippen LogP contribution in [-0.2, 0) is 9.53 Å². The summed E-state index contributed by atoms with van der Waals surface area (Å²) in [7, 11) is 0. The maximum atomic E-state index is 12.0. The fourth-order valence-electron chi connectivity index (χ4n) is 2.71. The summed E-state index contributed by atoms with van der Waals surface area (Å²) in [6.07, 6.45) is 2.43. The maximum absolute atomic E-state index is 12.0. The lowest BCUT2D eigenvalue weighted by Crippen LogP contribution is -2.38. The van der Waals surface area contributed by atoms with Gasteiger partial charge >= 0.3 is 0 Å². The van der Waals surface area contributed by atoms with Crippen LogP contribution in [0.1, 0.15) is 31.4 Å². The Labute approximate surface area is 130 Å². The number of fused-ring (bicyclic) bond motifs is 1. The third-order valence-corrected chi connectivity index (χ3v) is 3.96. The van der Waals surface area contributed by atoms with Gasteiger partial charge in [0.1, 0.15) is 0 Å². The van der Waals surface area contributed by atoms with Gasteiger partial charge in [0, 0.05) is 13.2 Å². The number of carbonyl (C=O) groups excluding carboxylic acids is 1. The average molecular weight is 306 g/mol. The SMILES string of the molecule is CC(NC(=O)CNCC1CCCO1)c1ccc2c(c1)OCO2. The van der Waals surface area contributed by atoms with Gasteiger partial charge in [0.15, 0.2) is 11.5 Å². The van der Waals surface area contributed by atoms with E-state index < -0.39 is 0 Å². The highest BCUT2D eigenvalue weighted by Gasteiger charge is 2.18. The zero-order chi connectivity index (χ0) is 15.4. The molecule has 0 radical (unpaired) electrons. The van der Waals surface area contributed by atoms with Crippen molar-refractivity contribution in [1.29, 1.82) is 0 Å². The number of hydrogen-bond acceptors (Lipinski definition) is 5. The van der Waals surface area contributed by atoms with Crippen LogP contribution in [0.2, 0.25) is 0 Å². The molecule has 2 unspecified atom stereocenters. The van der Waals surface area contributed by atoms with Gasteiger partial charge in [-0.15, -0.1) is 0 Å². The lowest BCUT2D eigenvalue weighted by molar-refractivity contribution is -0.120. The van der Waals surface area contributed by atoms with E-state index in [-0.39, 0.29) is 24.8 Å². The van der Waals surface area contributed by atoms with Gasteiger partial charge in [-0.1, -0.05) is 6.07 Å². The number of carbonyl (C=O) groups is 1. The van der Waals surface area contributed by atoms with Crippen molar-refractivity contribution in [1.82, 2.24) is 10.6 Å². The van der Waals surface area contributed by atoms with Crippen LogP contribution < -0.4 is 20.1 Å². The first-order valence-corrected chi connectivity index (χ1v) is 7.73. The van der Waals surface area contributed by atoms with Gasteiger partial charge in [-0.05, 0) is 37.5 Å². The quantitative estimate of drug-likeness (QED) is 0.830. The summed E-state index contributed by atoms with van der Waals surface area (Å²) < 4.78 is 16.1.